The first-order valence-corrected chi connectivity index (χ1v) is 4.73. The molecule has 13 heavy (non-hydrogen) atoms. The summed E-state index contributed by atoms with van der Waals surface area (Å²) in [6, 6.07) is 2.32. The van der Waals surface area contributed by atoms with Gasteiger partial charge in [-0.3, -0.25) is 4.79 Å². The molecule has 0 N–H and O–H groups in total. The molecule has 0 atom stereocenters. The van der Waals surface area contributed by atoms with Crippen molar-refractivity contribution in [2.24, 2.45) is 0 Å². The maximum atomic E-state index is 10.7. The summed E-state index contributed by atoms with van der Waals surface area (Å²) in [5, 5.41) is 0. The molecule has 0 saturated carbocycles. The average Bonchev–Trinajstić information content (AvgIpc) is 2.47. The van der Waals surface area contributed by atoms with Gasteiger partial charge in [0.25, 0.3) is 0 Å². The number of aromatic nitrogens is 1. The minimum Gasteiger partial charge on any atom is -0.343 e. The Balaban J connectivity index is 3.11. The molecule has 1 aromatic heterocycles. The van der Waals surface area contributed by atoms with E-state index in [-0.39, 0.29) is 0 Å². The van der Waals surface area contributed by atoms with E-state index in [0.717, 1.165) is 12.0 Å². The molecular formula is C11H17NO. The maximum Gasteiger partial charge on any atom is 0.166 e. The third-order valence-electron chi connectivity index (χ3n) is 2.24. The van der Waals surface area contributed by atoms with Gasteiger partial charge >= 0.3 is 0 Å². The van der Waals surface area contributed by atoms with Gasteiger partial charge in [-0.05, 0) is 31.4 Å². The van der Waals surface area contributed by atoms with Crippen LogP contribution >= 0.6 is 0 Å². The third-order valence-corrected chi connectivity index (χ3v) is 2.24. The Morgan fingerprint density at radius 3 is 2.23 bits per heavy atom. The van der Waals surface area contributed by atoms with Crippen molar-refractivity contribution in [3.8, 4) is 0 Å². The lowest BCUT2D eigenvalue weighted by Crippen LogP contribution is -2.02. The van der Waals surface area contributed by atoms with E-state index in [1.807, 2.05) is 10.6 Å². The Morgan fingerprint density at radius 1 is 1.31 bits per heavy atom. The van der Waals surface area contributed by atoms with E-state index >= 15 is 0 Å². The van der Waals surface area contributed by atoms with Crippen LogP contribution in [-0.2, 0) is 0 Å². The summed E-state index contributed by atoms with van der Waals surface area (Å²) in [4.78, 5) is 10.7. The van der Waals surface area contributed by atoms with E-state index < -0.39 is 0 Å². The molecule has 0 aliphatic heterocycles. The Hall–Kier alpha value is -1.05. The van der Waals surface area contributed by atoms with Crippen molar-refractivity contribution in [1.82, 2.24) is 4.57 Å². The van der Waals surface area contributed by atoms with Crippen LogP contribution in [0.4, 0.5) is 0 Å². The van der Waals surface area contributed by atoms with E-state index in [1.54, 1.807) is 0 Å². The molecule has 0 spiro atoms. The fraction of sp³-hybridized carbons (Fsp3) is 0.545. The van der Waals surface area contributed by atoms with E-state index in [9.17, 15) is 4.79 Å². The van der Waals surface area contributed by atoms with Gasteiger partial charge in [0.2, 0.25) is 0 Å². The zero-order chi connectivity index (χ0) is 10.0. The summed E-state index contributed by atoms with van der Waals surface area (Å²) < 4.78 is 2.02. The molecule has 0 fully saturated rings. The van der Waals surface area contributed by atoms with E-state index in [2.05, 4.69) is 33.9 Å². The van der Waals surface area contributed by atoms with Gasteiger partial charge in [-0.1, -0.05) is 13.8 Å². The first kappa shape index (κ1) is 10.0. The standard InChI is InChI=1S/C11H17NO/c1-8(2)10-5-11(7-13)12(6-10)9(3)4/h5-9H,1-4H3. The summed E-state index contributed by atoms with van der Waals surface area (Å²) in [5.74, 6) is 0.485. The van der Waals surface area contributed by atoms with Crippen molar-refractivity contribution in [1.29, 1.82) is 0 Å². The molecule has 0 aliphatic rings. The lowest BCUT2D eigenvalue weighted by Gasteiger charge is -2.08. The zero-order valence-corrected chi connectivity index (χ0v) is 8.74. The van der Waals surface area contributed by atoms with Gasteiger partial charge in [-0.2, -0.15) is 0 Å². The molecule has 0 amide bonds. The molecule has 2 nitrogen and oxygen atoms in total. The molecule has 0 aromatic carbocycles. The second-order valence-corrected chi connectivity index (χ2v) is 3.97. The lowest BCUT2D eigenvalue weighted by molar-refractivity contribution is 0.111. The number of nitrogens with zero attached hydrogens (tertiary/aromatic N) is 1. The van der Waals surface area contributed by atoms with Crippen LogP contribution in [-0.4, -0.2) is 10.9 Å². The SMILES string of the molecule is CC(C)c1cc(C=O)n(C(C)C)c1. The van der Waals surface area contributed by atoms with Crippen LogP contribution < -0.4 is 0 Å². The highest BCUT2D eigenvalue weighted by molar-refractivity contribution is 5.73. The van der Waals surface area contributed by atoms with E-state index in [0.29, 0.717) is 12.0 Å². The van der Waals surface area contributed by atoms with Crippen molar-refractivity contribution in [2.75, 3.05) is 0 Å². The van der Waals surface area contributed by atoms with Gasteiger partial charge < -0.3 is 4.57 Å². The topological polar surface area (TPSA) is 22.0 Å². The molecule has 1 heterocycles. The smallest absolute Gasteiger partial charge is 0.166 e. The van der Waals surface area contributed by atoms with Crippen molar-refractivity contribution >= 4 is 6.29 Å². The summed E-state index contributed by atoms with van der Waals surface area (Å²) in [6.07, 6.45) is 2.99. The van der Waals surface area contributed by atoms with E-state index in [4.69, 9.17) is 0 Å². The average molecular weight is 179 g/mol. The van der Waals surface area contributed by atoms with Crippen LogP contribution in [0.1, 0.15) is 55.7 Å². The quantitative estimate of drug-likeness (QED) is 0.654. The maximum absolute atomic E-state index is 10.7. The van der Waals surface area contributed by atoms with Crippen LogP contribution in [0.15, 0.2) is 12.3 Å². The van der Waals surface area contributed by atoms with Gasteiger partial charge in [-0.15, -0.1) is 0 Å². The first-order chi connectivity index (χ1) is 6.06. The Morgan fingerprint density at radius 2 is 1.92 bits per heavy atom. The fourth-order valence-corrected chi connectivity index (χ4v) is 1.38. The van der Waals surface area contributed by atoms with Crippen molar-refractivity contribution in [3.63, 3.8) is 0 Å². The van der Waals surface area contributed by atoms with E-state index in [1.165, 1.54) is 5.56 Å². The number of hydrogen-bond donors (Lipinski definition) is 0. The van der Waals surface area contributed by atoms with Gasteiger partial charge in [0.05, 0.1) is 5.69 Å². The van der Waals surface area contributed by atoms with Gasteiger partial charge in [-0.25, -0.2) is 0 Å². The Bertz CT molecular complexity index is 297. The summed E-state index contributed by atoms with van der Waals surface area (Å²) >= 11 is 0. The predicted octanol–water partition coefficient (Wildman–Crippen LogP) is 3.00. The summed E-state index contributed by atoms with van der Waals surface area (Å²) in [6.45, 7) is 8.43. The summed E-state index contributed by atoms with van der Waals surface area (Å²) in [7, 11) is 0. The van der Waals surface area contributed by atoms with Gasteiger partial charge in [0.15, 0.2) is 6.29 Å². The Labute approximate surface area is 79.6 Å². The number of carbonyl (C=O) groups excluding carboxylic acids is 1. The number of rotatable bonds is 3. The molecule has 2 heteroatoms. The largest absolute Gasteiger partial charge is 0.343 e. The molecule has 1 aromatic rings. The minimum absolute atomic E-state index is 0.354. The molecular weight excluding hydrogens is 162 g/mol. The molecule has 0 bridgehead atoms. The number of aldehydes is 1. The molecule has 0 aliphatic carbocycles. The Kier molecular flexibility index (Phi) is 2.91. The molecule has 72 valence electrons. The monoisotopic (exact) mass is 179 g/mol. The molecule has 0 saturated heterocycles. The van der Waals surface area contributed by atoms with Crippen LogP contribution in [0.25, 0.3) is 0 Å². The van der Waals surface area contributed by atoms with Crippen LogP contribution in [0.5, 0.6) is 0 Å². The van der Waals surface area contributed by atoms with Crippen molar-refractivity contribution in [3.05, 3.63) is 23.5 Å². The van der Waals surface area contributed by atoms with Crippen molar-refractivity contribution < 1.29 is 4.79 Å². The van der Waals surface area contributed by atoms with Crippen LogP contribution in [0.2, 0.25) is 0 Å². The van der Waals surface area contributed by atoms with Gasteiger partial charge in [0.1, 0.15) is 0 Å². The van der Waals surface area contributed by atoms with Crippen LogP contribution in [0.3, 0.4) is 0 Å². The van der Waals surface area contributed by atoms with Gasteiger partial charge in [0, 0.05) is 12.2 Å². The van der Waals surface area contributed by atoms with Crippen LogP contribution in [0, 0.1) is 0 Å². The lowest BCUT2D eigenvalue weighted by atomic mass is 10.1. The number of hydrogen-bond acceptors (Lipinski definition) is 1. The molecule has 0 unspecified atom stereocenters. The minimum atomic E-state index is 0.354. The van der Waals surface area contributed by atoms with Crippen molar-refractivity contribution in [2.45, 2.75) is 39.7 Å². The third kappa shape index (κ3) is 2.00. The first-order valence-electron chi connectivity index (χ1n) is 4.73. The zero-order valence-electron chi connectivity index (χ0n) is 8.74. The highest BCUT2D eigenvalue weighted by Gasteiger charge is 2.09. The number of carbonyl (C=O) groups is 1. The second kappa shape index (κ2) is 3.77. The fourth-order valence-electron chi connectivity index (χ4n) is 1.38. The molecule has 1 rings (SSSR count). The predicted molar refractivity (Wildman–Crippen MR) is 54.3 cm³/mol. The highest BCUT2D eigenvalue weighted by Crippen LogP contribution is 2.20. The normalized spacial score (nSPS) is 11.2. The summed E-state index contributed by atoms with van der Waals surface area (Å²) in [5.41, 5.74) is 2.01. The molecule has 0 radical (unpaired) electrons. The highest BCUT2D eigenvalue weighted by atomic mass is 16.1. The second-order valence-electron chi connectivity index (χ2n) is 3.97.